The Kier molecular flexibility index (Phi) is 5.87. The minimum Gasteiger partial charge on any atom is -0.483 e. The molecule has 3 heteroatoms. The maximum Gasteiger partial charge on any atom is 0.179 e. The van der Waals surface area contributed by atoms with Crippen molar-refractivity contribution in [3.8, 4) is 0 Å². The van der Waals surface area contributed by atoms with Gasteiger partial charge in [-0.25, -0.2) is 0 Å². The van der Waals surface area contributed by atoms with Crippen molar-refractivity contribution in [2.24, 2.45) is 11.8 Å². The molecule has 0 aliphatic heterocycles. The Hall–Kier alpha value is -1.51. The number of rotatable bonds is 7. The summed E-state index contributed by atoms with van der Waals surface area (Å²) in [5.41, 5.74) is 2.31. The molecule has 0 fully saturated rings. The van der Waals surface area contributed by atoms with Crippen LogP contribution in [0.4, 0.5) is 0 Å². The molecule has 1 rings (SSSR count). The van der Waals surface area contributed by atoms with Gasteiger partial charge in [-0.2, -0.15) is 0 Å². The Labute approximate surface area is 117 Å². The van der Waals surface area contributed by atoms with Crippen LogP contribution in [0.2, 0.25) is 0 Å². The summed E-state index contributed by atoms with van der Waals surface area (Å²) in [6, 6.07) is 4.26. The summed E-state index contributed by atoms with van der Waals surface area (Å²) >= 11 is 0. The summed E-state index contributed by atoms with van der Waals surface area (Å²) in [5.74, 6) is 2.29. The fourth-order valence-corrected chi connectivity index (χ4v) is 2.46. The lowest BCUT2D eigenvalue weighted by molar-refractivity contribution is 0.262. The molecule has 1 N–H and O–H groups in total. The fourth-order valence-electron chi connectivity index (χ4n) is 2.46. The SMILES string of the molecule is C=C(NCc1ccc(C(C(C)C)C(C)C)nc1)OC. The number of hydrogen-bond donors (Lipinski definition) is 1. The van der Waals surface area contributed by atoms with Crippen LogP contribution in [0.5, 0.6) is 0 Å². The number of methoxy groups -OCH3 is 1. The molecule has 0 spiro atoms. The van der Waals surface area contributed by atoms with Gasteiger partial charge in [0, 0.05) is 24.4 Å². The van der Waals surface area contributed by atoms with E-state index in [-0.39, 0.29) is 0 Å². The summed E-state index contributed by atoms with van der Waals surface area (Å²) in [6.45, 7) is 13.4. The van der Waals surface area contributed by atoms with Gasteiger partial charge < -0.3 is 10.1 Å². The van der Waals surface area contributed by atoms with Crippen LogP contribution in [0.1, 0.15) is 44.9 Å². The topological polar surface area (TPSA) is 34.2 Å². The van der Waals surface area contributed by atoms with Gasteiger partial charge in [0.05, 0.1) is 7.11 Å². The lowest BCUT2D eigenvalue weighted by atomic mass is 9.82. The standard InChI is InChI=1S/C16H26N2O/c1-11(2)16(12(3)4)15-8-7-14(10-18-15)9-17-13(5)19-6/h7-8,10-12,16-17H,5,9H2,1-4,6H3. The highest BCUT2D eigenvalue weighted by Gasteiger charge is 2.20. The van der Waals surface area contributed by atoms with Crippen molar-refractivity contribution in [1.29, 1.82) is 0 Å². The second-order valence-corrected chi connectivity index (χ2v) is 5.59. The highest BCUT2D eigenvalue weighted by molar-refractivity contribution is 5.18. The average molecular weight is 262 g/mol. The zero-order valence-electron chi connectivity index (χ0n) is 12.7. The van der Waals surface area contributed by atoms with Crippen molar-refractivity contribution in [2.75, 3.05) is 7.11 Å². The van der Waals surface area contributed by atoms with E-state index in [9.17, 15) is 0 Å². The van der Waals surface area contributed by atoms with Gasteiger partial charge in [0.25, 0.3) is 0 Å². The maximum absolute atomic E-state index is 4.97. The lowest BCUT2D eigenvalue weighted by Crippen LogP contribution is -2.16. The van der Waals surface area contributed by atoms with E-state index in [2.05, 4.69) is 56.7 Å². The van der Waals surface area contributed by atoms with Crippen LogP contribution in [0.3, 0.4) is 0 Å². The maximum atomic E-state index is 4.97. The molecule has 0 bridgehead atoms. The van der Waals surface area contributed by atoms with Crippen LogP contribution in [0.25, 0.3) is 0 Å². The van der Waals surface area contributed by atoms with Crippen LogP contribution >= 0.6 is 0 Å². The molecule has 0 aliphatic rings. The monoisotopic (exact) mass is 262 g/mol. The first-order chi connectivity index (χ1) is 8.95. The minimum atomic E-state index is 0.510. The summed E-state index contributed by atoms with van der Waals surface area (Å²) < 4.78 is 4.97. The Morgan fingerprint density at radius 3 is 2.32 bits per heavy atom. The van der Waals surface area contributed by atoms with Gasteiger partial charge in [-0.3, -0.25) is 4.98 Å². The van der Waals surface area contributed by atoms with Gasteiger partial charge >= 0.3 is 0 Å². The molecule has 0 saturated carbocycles. The van der Waals surface area contributed by atoms with Gasteiger partial charge in [-0.05, 0) is 30.0 Å². The van der Waals surface area contributed by atoms with E-state index in [1.165, 1.54) is 5.69 Å². The Bertz CT molecular complexity index is 388. The van der Waals surface area contributed by atoms with E-state index >= 15 is 0 Å². The van der Waals surface area contributed by atoms with Crippen molar-refractivity contribution in [3.05, 3.63) is 42.0 Å². The normalized spacial score (nSPS) is 11.2. The molecule has 1 aromatic heterocycles. The van der Waals surface area contributed by atoms with Crippen LogP contribution in [-0.2, 0) is 11.3 Å². The molecule has 1 aromatic rings. The van der Waals surface area contributed by atoms with Crippen molar-refractivity contribution in [3.63, 3.8) is 0 Å². The zero-order valence-corrected chi connectivity index (χ0v) is 12.7. The number of hydrogen-bond acceptors (Lipinski definition) is 3. The molecule has 0 aliphatic carbocycles. The minimum absolute atomic E-state index is 0.510. The third-order valence-electron chi connectivity index (χ3n) is 3.36. The first-order valence-corrected chi connectivity index (χ1v) is 6.87. The molecule has 0 aromatic carbocycles. The van der Waals surface area contributed by atoms with Gasteiger partial charge in [-0.15, -0.1) is 0 Å². The van der Waals surface area contributed by atoms with Crippen LogP contribution in [0.15, 0.2) is 30.8 Å². The second-order valence-electron chi connectivity index (χ2n) is 5.59. The second kappa shape index (κ2) is 7.17. The smallest absolute Gasteiger partial charge is 0.179 e. The van der Waals surface area contributed by atoms with Crippen molar-refractivity contribution < 1.29 is 4.74 Å². The number of nitrogens with one attached hydrogen (secondary N) is 1. The number of ether oxygens (including phenoxy) is 1. The van der Waals surface area contributed by atoms with Crippen LogP contribution < -0.4 is 5.32 Å². The molecule has 3 nitrogen and oxygen atoms in total. The predicted molar refractivity (Wildman–Crippen MR) is 79.6 cm³/mol. The van der Waals surface area contributed by atoms with E-state index in [0.717, 1.165) is 5.56 Å². The molecule has 1 heterocycles. The summed E-state index contributed by atoms with van der Waals surface area (Å²) in [5, 5.41) is 3.09. The lowest BCUT2D eigenvalue weighted by Gasteiger charge is -2.24. The average Bonchev–Trinajstić information content (AvgIpc) is 2.36. The molecule has 0 radical (unpaired) electrons. The summed E-state index contributed by atoms with van der Waals surface area (Å²) in [6.07, 6.45) is 1.93. The molecule has 0 saturated heterocycles. The van der Waals surface area contributed by atoms with Gasteiger partial charge in [-0.1, -0.05) is 33.8 Å². The molecular formula is C16H26N2O. The molecular weight excluding hydrogens is 236 g/mol. The van der Waals surface area contributed by atoms with E-state index in [0.29, 0.717) is 30.2 Å². The first-order valence-electron chi connectivity index (χ1n) is 6.87. The van der Waals surface area contributed by atoms with Crippen molar-refractivity contribution >= 4 is 0 Å². The number of aromatic nitrogens is 1. The third-order valence-corrected chi connectivity index (χ3v) is 3.36. The predicted octanol–water partition coefficient (Wildman–Crippen LogP) is 3.68. The summed E-state index contributed by atoms with van der Waals surface area (Å²) in [7, 11) is 1.60. The highest BCUT2D eigenvalue weighted by Crippen LogP contribution is 2.30. The largest absolute Gasteiger partial charge is 0.483 e. The first kappa shape index (κ1) is 15.5. The van der Waals surface area contributed by atoms with Gasteiger partial charge in [0.2, 0.25) is 0 Å². The zero-order chi connectivity index (χ0) is 14.4. The molecule has 0 amide bonds. The van der Waals surface area contributed by atoms with E-state index in [1.807, 2.05) is 6.20 Å². The Morgan fingerprint density at radius 2 is 1.89 bits per heavy atom. The highest BCUT2D eigenvalue weighted by atomic mass is 16.5. The van der Waals surface area contributed by atoms with Crippen molar-refractivity contribution in [1.82, 2.24) is 10.3 Å². The van der Waals surface area contributed by atoms with Crippen LogP contribution in [0, 0.1) is 11.8 Å². The van der Waals surface area contributed by atoms with Gasteiger partial charge in [0.15, 0.2) is 5.88 Å². The molecule has 0 atom stereocenters. The quantitative estimate of drug-likeness (QED) is 0.761. The van der Waals surface area contributed by atoms with Crippen LogP contribution in [-0.4, -0.2) is 12.1 Å². The molecule has 19 heavy (non-hydrogen) atoms. The van der Waals surface area contributed by atoms with Crippen molar-refractivity contribution in [2.45, 2.75) is 40.2 Å². The number of nitrogens with zero attached hydrogens (tertiary/aromatic N) is 1. The third kappa shape index (κ3) is 4.58. The summed E-state index contributed by atoms with van der Waals surface area (Å²) in [4.78, 5) is 4.61. The Morgan fingerprint density at radius 1 is 1.26 bits per heavy atom. The fraction of sp³-hybridized carbons (Fsp3) is 0.562. The van der Waals surface area contributed by atoms with E-state index in [4.69, 9.17) is 4.74 Å². The van der Waals surface area contributed by atoms with E-state index < -0.39 is 0 Å². The van der Waals surface area contributed by atoms with Gasteiger partial charge in [0.1, 0.15) is 0 Å². The molecule has 106 valence electrons. The number of pyridine rings is 1. The van der Waals surface area contributed by atoms with E-state index in [1.54, 1.807) is 7.11 Å². The Balaban J connectivity index is 2.72. The molecule has 0 unspecified atom stereocenters.